The molecule has 0 aliphatic rings. The lowest BCUT2D eigenvalue weighted by atomic mass is 10.2. The predicted octanol–water partition coefficient (Wildman–Crippen LogP) is 3.01. The zero-order chi connectivity index (χ0) is 12.1. The molecule has 0 saturated carbocycles. The molecule has 0 bridgehead atoms. The minimum absolute atomic E-state index is 0.581. The summed E-state index contributed by atoms with van der Waals surface area (Å²) >= 11 is 0. The van der Waals surface area contributed by atoms with Gasteiger partial charge in [-0.3, -0.25) is 4.98 Å². The highest BCUT2D eigenvalue weighted by Gasteiger charge is 2.01. The van der Waals surface area contributed by atoms with E-state index in [1.54, 1.807) is 12.4 Å². The van der Waals surface area contributed by atoms with Crippen LogP contribution in [0.5, 0.6) is 0 Å². The number of aromatic nitrogens is 1. The number of hydrogen-bond acceptors (Lipinski definition) is 2. The van der Waals surface area contributed by atoms with Gasteiger partial charge in [-0.15, -0.1) is 0 Å². The van der Waals surface area contributed by atoms with Crippen LogP contribution in [0.4, 0.5) is 14.5 Å². The molecule has 4 heteroatoms. The van der Waals surface area contributed by atoms with Crippen LogP contribution in [0, 0.1) is 11.6 Å². The first-order valence-electron chi connectivity index (χ1n) is 5.33. The molecule has 0 amide bonds. The van der Waals surface area contributed by atoms with Crippen LogP contribution in [0.15, 0.2) is 42.7 Å². The van der Waals surface area contributed by atoms with Crippen molar-refractivity contribution < 1.29 is 8.78 Å². The van der Waals surface area contributed by atoms with Crippen LogP contribution in [-0.4, -0.2) is 11.5 Å². The Hall–Kier alpha value is -1.97. The van der Waals surface area contributed by atoms with E-state index in [2.05, 4.69) is 10.3 Å². The van der Waals surface area contributed by atoms with Gasteiger partial charge in [0.25, 0.3) is 0 Å². The SMILES string of the molecule is Fc1ccc(NCCc2ccncc2)cc1F. The lowest BCUT2D eigenvalue weighted by molar-refractivity contribution is 0.509. The third-order valence-electron chi connectivity index (χ3n) is 2.41. The number of halogens is 2. The fraction of sp³-hybridized carbons (Fsp3) is 0.154. The lowest BCUT2D eigenvalue weighted by Crippen LogP contribution is -2.05. The molecule has 0 radical (unpaired) electrons. The molecular formula is C13H12F2N2. The van der Waals surface area contributed by atoms with E-state index in [1.807, 2.05) is 12.1 Å². The van der Waals surface area contributed by atoms with Gasteiger partial charge in [-0.25, -0.2) is 8.78 Å². The number of anilines is 1. The van der Waals surface area contributed by atoms with Gasteiger partial charge in [0.1, 0.15) is 0 Å². The van der Waals surface area contributed by atoms with E-state index in [1.165, 1.54) is 6.07 Å². The highest BCUT2D eigenvalue weighted by atomic mass is 19.2. The van der Waals surface area contributed by atoms with Crippen molar-refractivity contribution >= 4 is 5.69 Å². The summed E-state index contributed by atoms with van der Waals surface area (Å²) in [6, 6.07) is 7.64. The molecule has 2 nitrogen and oxygen atoms in total. The third kappa shape index (κ3) is 3.24. The van der Waals surface area contributed by atoms with Gasteiger partial charge in [0.2, 0.25) is 0 Å². The Morgan fingerprint density at radius 2 is 1.76 bits per heavy atom. The topological polar surface area (TPSA) is 24.9 Å². The summed E-state index contributed by atoms with van der Waals surface area (Å²) in [5.41, 5.74) is 1.73. The number of rotatable bonds is 4. The van der Waals surface area contributed by atoms with Crippen LogP contribution in [0.2, 0.25) is 0 Å². The first kappa shape index (κ1) is 11.5. The molecule has 0 atom stereocenters. The molecule has 1 aromatic carbocycles. The molecular weight excluding hydrogens is 222 g/mol. The van der Waals surface area contributed by atoms with E-state index >= 15 is 0 Å². The lowest BCUT2D eigenvalue weighted by Gasteiger charge is -2.06. The summed E-state index contributed by atoms with van der Waals surface area (Å²) in [6.07, 6.45) is 4.27. The van der Waals surface area contributed by atoms with Crippen molar-refractivity contribution in [1.82, 2.24) is 4.98 Å². The van der Waals surface area contributed by atoms with Gasteiger partial charge in [0.05, 0.1) is 0 Å². The van der Waals surface area contributed by atoms with E-state index in [0.29, 0.717) is 12.2 Å². The smallest absolute Gasteiger partial charge is 0.160 e. The van der Waals surface area contributed by atoms with Crippen LogP contribution in [-0.2, 0) is 6.42 Å². The minimum atomic E-state index is -0.834. The molecule has 0 fully saturated rings. The standard InChI is InChI=1S/C13H12F2N2/c14-12-2-1-11(9-13(12)15)17-8-5-10-3-6-16-7-4-10/h1-4,6-7,9,17H,5,8H2. The van der Waals surface area contributed by atoms with Crippen molar-refractivity contribution in [3.8, 4) is 0 Å². The second kappa shape index (κ2) is 5.39. The number of hydrogen-bond donors (Lipinski definition) is 1. The monoisotopic (exact) mass is 234 g/mol. The Morgan fingerprint density at radius 1 is 1.00 bits per heavy atom. The molecule has 0 unspecified atom stereocenters. The highest BCUT2D eigenvalue weighted by Crippen LogP contribution is 2.13. The van der Waals surface area contributed by atoms with E-state index < -0.39 is 11.6 Å². The fourth-order valence-corrected chi connectivity index (χ4v) is 1.51. The molecule has 0 aliphatic carbocycles. The molecule has 0 aliphatic heterocycles. The molecule has 1 N–H and O–H groups in total. The van der Waals surface area contributed by atoms with Crippen molar-refractivity contribution in [2.24, 2.45) is 0 Å². The Balaban J connectivity index is 1.88. The summed E-state index contributed by atoms with van der Waals surface area (Å²) in [5.74, 6) is -1.66. The van der Waals surface area contributed by atoms with Crippen molar-refractivity contribution in [2.45, 2.75) is 6.42 Å². The molecule has 1 heterocycles. The van der Waals surface area contributed by atoms with Crippen molar-refractivity contribution in [3.63, 3.8) is 0 Å². The quantitative estimate of drug-likeness (QED) is 0.879. The average molecular weight is 234 g/mol. The first-order chi connectivity index (χ1) is 8.25. The van der Waals surface area contributed by atoms with Gasteiger partial charge >= 0.3 is 0 Å². The maximum absolute atomic E-state index is 12.9. The summed E-state index contributed by atoms with van der Waals surface area (Å²) in [7, 11) is 0. The summed E-state index contributed by atoms with van der Waals surface area (Å²) in [4.78, 5) is 3.92. The van der Waals surface area contributed by atoms with Crippen molar-refractivity contribution in [3.05, 3.63) is 59.9 Å². The summed E-state index contributed by atoms with van der Waals surface area (Å²) in [5, 5.41) is 3.03. The Morgan fingerprint density at radius 3 is 2.47 bits per heavy atom. The molecule has 0 spiro atoms. The van der Waals surface area contributed by atoms with Crippen LogP contribution in [0.25, 0.3) is 0 Å². The molecule has 1 aromatic heterocycles. The number of nitrogens with one attached hydrogen (secondary N) is 1. The van der Waals surface area contributed by atoms with Gasteiger partial charge in [-0.05, 0) is 42.3 Å². The molecule has 2 rings (SSSR count). The van der Waals surface area contributed by atoms with E-state index in [9.17, 15) is 8.78 Å². The van der Waals surface area contributed by atoms with Gasteiger partial charge < -0.3 is 5.32 Å². The Kier molecular flexibility index (Phi) is 3.65. The number of pyridine rings is 1. The molecule has 17 heavy (non-hydrogen) atoms. The Labute approximate surface area is 98.3 Å². The van der Waals surface area contributed by atoms with E-state index in [-0.39, 0.29) is 0 Å². The van der Waals surface area contributed by atoms with Crippen LogP contribution in [0.1, 0.15) is 5.56 Å². The number of nitrogens with zero attached hydrogens (tertiary/aromatic N) is 1. The van der Waals surface area contributed by atoms with Crippen molar-refractivity contribution in [1.29, 1.82) is 0 Å². The molecule has 0 saturated heterocycles. The van der Waals surface area contributed by atoms with Gasteiger partial charge in [-0.2, -0.15) is 0 Å². The normalized spacial score (nSPS) is 10.2. The van der Waals surface area contributed by atoms with Gasteiger partial charge in [0.15, 0.2) is 11.6 Å². The maximum atomic E-state index is 12.9. The summed E-state index contributed by atoms with van der Waals surface area (Å²) < 4.78 is 25.6. The number of benzene rings is 1. The third-order valence-corrected chi connectivity index (χ3v) is 2.41. The zero-order valence-electron chi connectivity index (χ0n) is 9.16. The van der Waals surface area contributed by atoms with Crippen molar-refractivity contribution in [2.75, 3.05) is 11.9 Å². The zero-order valence-corrected chi connectivity index (χ0v) is 9.16. The van der Waals surface area contributed by atoms with Crippen LogP contribution in [0.3, 0.4) is 0 Å². The van der Waals surface area contributed by atoms with Gasteiger partial charge in [0, 0.05) is 24.6 Å². The maximum Gasteiger partial charge on any atom is 0.160 e. The second-order valence-corrected chi connectivity index (χ2v) is 3.66. The van der Waals surface area contributed by atoms with E-state index in [0.717, 1.165) is 24.1 Å². The predicted molar refractivity (Wildman–Crippen MR) is 62.8 cm³/mol. The summed E-state index contributed by atoms with van der Waals surface area (Å²) in [6.45, 7) is 0.662. The van der Waals surface area contributed by atoms with Crippen LogP contribution < -0.4 is 5.32 Å². The minimum Gasteiger partial charge on any atom is -0.385 e. The average Bonchev–Trinajstić information content (AvgIpc) is 2.35. The fourth-order valence-electron chi connectivity index (χ4n) is 1.51. The Bertz CT molecular complexity index is 486. The molecule has 88 valence electrons. The van der Waals surface area contributed by atoms with Crippen LogP contribution >= 0.6 is 0 Å². The molecule has 2 aromatic rings. The second-order valence-electron chi connectivity index (χ2n) is 3.66. The van der Waals surface area contributed by atoms with Gasteiger partial charge in [-0.1, -0.05) is 0 Å². The first-order valence-corrected chi connectivity index (χ1v) is 5.33. The highest BCUT2D eigenvalue weighted by molar-refractivity contribution is 5.43. The van der Waals surface area contributed by atoms with E-state index in [4.69, 9.17) is 0 Å². The largest absolute Gasteiger partial charge is 0.385 e.